The van der Waals surface area contributed by atoms with E-state index in [4.69, 9.17) is 4.74 Å². The van der Waals surface area contributed by atoms with E-state index in [2.05, 4.69) is 15.5 Å². The molecule has 0 saturated heterocycles. The van der Waals surface area contributed by atoms with Crippen LogP contribution in [0.2, 0.25) is 0 Å². The largest absolute Gasteiger partial charge is 1.00 e. The summed E-state index contributed by atoms with van der Waals surface area (Å²) >= 11 is 0. The second-order valence-electron chi connectivity index (χ2n) is 6.22. The number of anilines is 1. The van der Waals surface area contributed by atoms with Crippen molar-refractivity contribution in [2.75, 3.05) is 12.4 Å². The number of ether oxygens (including phenoxy) is 1. The zero-order valence-electron chi connectivity index (χ0n) is 18.2. The van der Waals surface area contributed by atoms with Crippen molar-refractivity contribution in [2.24, 2.45) is 10.2 Å². The molecule has 158 valence electrons. The fourth-order valence-corrected chi connectivity index (χ4v) is 3.55. The van der Waals surface area contributed by atoms with Gasteiger partial charge in [-0.1, -0.05) is 25.1 Å². The van der Waals surface area contributed by atoms with Gasteiger partial charge in [-0.2, -0.15) is 8.42 Å². The van der Waals surface area contributed by atoms with Gasteiger partial charge >= 0.3 is 29.6 Å². The van der Waals surface area contributed by atoms with Crippen molar-refractivity contribution in [3.05, 3.63) is 48.5 Å². The predicted octanol–water partition coefficient (Wildman–Crippen LogP) is 1.68. The van der Waals surface area contributed by atoms with Crippen molar-refractivity contribution >= 4 is 43.9 Å². The molecule has 31 heavy (non-hydrogen) atoms. The van der Waals surface area contributed by atoms with Crippen molar-refractivity contribution < 1.29 is 58.6 Å². The summed E-state index contributed by atoms with van der Waals surface area (Å²) in [6, 6.07) is 12.1. The van der Waals surface area contributed by atoms with Crippen LogP contribution in [0.1, 0.15) is 14.8 Å². The van der Waals surface area contributed by atoms with Gasteiger partial charge in [0.2, 0.25) is 5.91 Å². The Morgan fingerprint density at radius 3 is 2.42 bits per heavy atom. The van der Waals surface area contributed by atoms with Crippen molar-refractivity contribution in [1.82, 2.24) is 0 Å². The number of hydrogen-bond donors (Lipinski definition) is 3. The molecule has 1 amide bonds. The first-order chi connectivity index (χ1) is 14.3. The molecule has 0 saturated carbocycles. The molecule has 9 nitrogen and oxygen atoms in total. The summed E-state index contributed by atoms with van der Waals surface area (Å²) in [5.74, 6) is -0.259. The smallest absolute Gasteiger partial charge is 1.00 e. The number of nitrogens with one attached hydrogen (secondary N) is 1. The number of phenols is 1. The summed E-state index contributed by atoms with van der Waals surface area (Å²) < 4.78 is 38.2. The second kappa shape index (κ2) is 10.2. The van der Waals surface area contributed by atoms with Crippen LogP contribution in [0, 0.1) is 0 Å². The van der Waals surface area contributed by atoms with Crippen LogP contribution in [0.5, 0.6) is 11.5 Å². The minimum atomic E-state index is -4.57. The minimum Gasteiger partial charge on any atom is -1.00 e. The molecule has 0 unspecified atom stereocenters. The van der Waals surface area contributed by atoms with Gasteiger partial charge in [0.05, 0.1) is 18.2 Å². The van der Waals surface area contributed by atoms with E-state index >= 15 is 0 Å². The van der Waals surface area contributed by atoms with Crippen molar-refractivity contribution in [1.29, 1.82) is 0 Å². The number of para-hydroxylation sites is 1. The number of rotatable bonds is 6. The average molecular weight is 453 g/mol. The topological polar surface area (TPSA) is 138 Å². The molecular formula is C20H20N3NaO6S. The van der Waals surface area contributed by atoms with Gasteiger partial charge in [0.25, 0.3) is 10.1 Å². The molecule has 3 rings (SSSR count). The number of hydrogen-bond acceptors (Lipinski definition) is 7. The van der Waals surface area contributed by atoms with Crippen LogP contribution < -0.4 is 39.6 Å². The molecule has 0 fully saturated rings. The van der Waals surface area contributed by atoms with Crippen molar-refractivity contribution in [3.8, 4) is 11.5 Å². The van der Waals surface area contributed by atoms with Crippen LogP contribution in [0.25, 0.3) is 10.8 Å². The first-order valence-corrected chi connectivity index (χ1v) is 10.3. The fraction of sp³-hybridized carbons (Fsp3) is 0.150. The van der Waals surface area contributed by atoms with Crippen LogP contribution >= 0.6 is 0 Å². The number of amides is 1. The summed E-state index contributed by atoms with van der Waals surface area (Å²) in [5, 5.41) is 21.6. The van der Waals surface area contributed by atoms with Gasteiger partial charge < -0.3 is 16.6 Å². The number of phenolic OH excluding ortho intramolecular Hbond substituents is 1. The first-order valence-electron chi connectivity index (χ1n) is 8.87. The standard InChI is InChI=1S/C20H19N3O6S.Na.H/c1-3-18(24)21-14-10-11-17(30(26,27)28)12-8-9-15(20(25)19(12)14)23-22-13-6-4-5-7-16(13)29-2;;/h4-11,25H,3H2,1-2H3,(H,21,24)(H,26,27,28);;/q;+1;-1. The predicted molar refractivity (Wildman–Crippen MR) is 113 cm³/mol. The minimum absolute atomic E-state index is 0. The molecule has 3 N–H and O–H groups in total. The van der Waals surface area contributed by atoms with Crippen LogP contribution in [0.4, 0.5) is 17.1 Å². The maximum atomic E-state index is 11.9. The molecule has 0 radical (unpaired) electrons. The van der Waals surface area contributed by atoms with Gasteiger partial charge in [0.15, 0.2) is 5.75 Å². The number of nitrogens with zero attached hydrogens (tertiary/aromatic N) is 2. The van der Waals surface area contributed by atoms with Gasteiger partial charge in [0, 0.05) is 11.8 Å². The van der Waals surface area contributed by atoms with Crippen LogP contribution in [0.15, 0.2) is 63.7 Å². The summed E-state index contributed by atoms with van der Waals surface area (Å²) in [5.41, 5.74) is 0.634. The zero-order chi connectivity index (χ0) is 21.9. The fourth-order valence-electron chi connectivity index (χ4n) is 2.86. The van der Waals surface area contributed by atoms with Crippen LogP contribution in [-0.2, 0) is 14.9 Å². The Labute approximate surface area is 202 Å². The maximum absolute atomic E-state index is 11.9. The maximum Gasteiger partial charge on any atom is 1.00 e. The van der Waals surface area contributed by atoms with Crippen LogP contribution in [0.3, 0.4) is 0 Å². The quantitative estimate of drug-likeness (QED) is 0.295. The third-order valence-corrected chi connectivity index (χ3v) is 5.23. The Hall–Kier alpha value is -2.50. The van der Waals surface area contributed by atoms with E-state index < -0.39 is 20.8 Å². The summed E-state index contributed by atoms with van der Waals surface area (Å²) in [7, 11) is -3.08. The Morgan fingerprint density at radius 2 is 1.77 bits per heavy atom. The third-order valence-electron chi connectivity index (χ3n) is 4.32. The second-order valence-corrected chi connectivity index (χ2v) is 7.61. The number of methoxy groups -OCH3 is 1. The summed E-state index contributed by atoms with van der Waals surface area (Å²) in [4.78, 5) is 11.5. The van der Waals surface area contributed by atoms with Gasteiger partial charge in [-0.25, -0.2) is 0 Å². The summed E-state index contributed by atoms with van der Waals surface area (Å²) in [6.45, 7) is 1.65. The molecule has 0 aliphatic heterocycles. The normalized spacial score (nSPS) is 11.3. The monoisotopic (exact) mass is 453 g/mol. The molecule has 0 aliphatic rings. The van der Waals surface area contributed by atoms with Crippen molar-refractivity contribution in [3.63, 3.8) is 0 Å². The molecule has 0 atom stereocenters. The number of azo groups is 1. The SMILES string of the molecule is CCC(=O)Nc1ccc(S(=O)(=O)O)c2ccc(N=Nc3ccccc3OC)c(O)c12.[H-].[Na+]. The van der Waals surface area contributed by atoms with E-state index in [9.17, 15) is 22.9 Å². The molecule has 11 heteroatoms. The van der Waals surface area contributed by atoms with E-state index in [0.29, 0.717) is 11.4 Å². The van der Waals surface area contributed by atoms with E-state index in [-0.39, 0.29) is 65.5 Å². The molecule has 3 aromatic carbocycles. The Morgan fingerprint density at radius 1 is 1.10 bits per heavy atom. The van der Waals surface area contributed by atoms with Gasteiger partial charge in [0.1, 0.15) is 22.0 Å². The molecule has 3 aromatic rings. The Balaban J connectivity index is 0.00000256. The van der Waals surface area contributed by atoms with Crippen molar-refractivity contribution in [2.45, 2.75) is 18.2 Å². The van der Waals surface area contributed by atoms with E-state index in [1.165, 1.54) is 25.3 Å². The van der Waals surface area contributed by atoms with Gasteiger partial charge in [-0.05, 0) is 30.3 Å². The number of fused-ring (bicyclic) bond motifs is 1. The molecular weight excluding hydrogens is 433 g/mol. The van der Waals surface area contributed by atoms with Crippen LogP contribution in [-0.4, -0.2) is 31.1 Å². The molecule has 0 aliphatic carbocycles. The number of aromatic hydroxyl groups is 1. The van der Waals surface area contributed by atoms with Gasteiger partial charge in [-0.3, -0.25) is 9.35 Å². The molecule has 0 heterocycles. The average Bonchev–Trinajstić information content (AvgIpc) is 2.72. The Bertz CT molecular complexity index is 1270. The molecule has 0 bridgehead atoms. The summed E-state index contributed by atoms with van der Waals surface area (Å²) in [6.07, 6.45) is 0.176. The number of carbonyl (C=O) groups is 1. The van der Waals surface area contributed by atoms with E-state index in [1.807, 2.05) is 0 Å². The molecule has 0 aromatic heterocycles. The number of benzene rings is 3. The number of carbonyl (C=O) groups excluding carboxylic acids is 1. The molecule has 0 spiro atoms. The third kappa shape index (κ3) is 5.41. The Kier molecular flexibility index (Phi) is 8.15. The van der Waals surface area contributed by atoms with E-state index in [1.54, 1.807) is 31.2 Å². The zero-order valence-corrected chi connectivity index (χ0v) is 20.0. The first kappa shape index (κ1) is 24.8. The van der Waals surface area contributed by atoms with Gasteiger partial charge in [-0.15, -0.1) is 10.2 Å². The van der Waals surface area contributed by atoms with E-state index in [0.717, 1.165) is 6.07 Å².